The number of hydrogen-bond acceptors (Lipinski definition) is 4. The van der Waals surface area contributed by atoms with Crippen LogP contribution in [0.15, 0.2) is 12.1 Å². The average molecular weight is 272 g/mol. The first-order chi connectivity index (χ1) is 8.41. The molecule has 0 saturated carbocycles. The fraction of sp³-hybridized carbons (Fsp3) is 0.417. The lowest BCUT2D eigenvalue weighted by Crippen LogP contribution is -2.18. The molecule has 1 amide bonds. The number of nitrogens with one attached hydrogen (secondary N) is 1. The zero-order chi connectivity index (χ0) is 13.7. The predicted octanol–water partition coefficient (Wildman–Crippen LogP) is 1.86. The van der Waals surface area contributed by atoms with E-state index in [2.05, 4.69) is 5.32 Å². The first kappa shape index (κ1) is 14.6. The minimum atomic E-state index is -0.573. The molecular weight excluding hydrogens is 254 g/mol. The van der Waals surface area contributed by atoms with Crippen LogP contribution in [0, 0.1) is 0 Å². The molecule has 5 N–H and O–H groups in total. The van der Waals surface area contributed by atoms with Crippen molar-refractivity contribution in [2.45, 2.75) is 20.0 Å². The lowest BCUT2D eigenvalue weighted by Gasteiger charge is -2.14. The number of primary amides is 1. The minimum Gasteiger partial charge on any atom is -0.399 e. The average Bonchev–Trinajstić information content (AvgIpc) is 2.25. The fourth-order valence-corrected chi connectivity index (χ4v) is 1.77. The molecule has 18 heavy (non-hydrogen) atoms. The van der Waals surface area contributed by atoms with E-state index >= 15 is 0 Å². The molecule has 1 rings (SSSR count). The number of ether oxygens (including phenoxy) is 1. The van der Waals surface area contributed by atoms with Crippen molar-refractivity contribution in [3.05, 3.63) is 22.7 Å². The second-order valence-electron chi connectivity index (χ2n) is 4.14. The van der Waals surface area contributed by atoms with Gasteiger partial charge < -0.3 is 21.5 Å². The van der Waals surface area contributed by atoms with Crippen LogP contribution in [0.5, 0.6) is 0 Å². The number of hydrogen-bond donors (Lipinski definition) is 3. The zero-order valence-corrected chi connectivity index (χ0v) is 11.3. The summed E-state index contributed by atoms with van der Waals surface area (Å²) in [5, 5.41) is 3.40. The Hall–Kier alpha value is -1.46. The number of nitrogen functional groups attached to an aromatic ring is 1. The Balaban J connectivity index is 2.77. The standard InChI is InChI=1S/C12H18ClN3O2/c1-7(2)18-4-3-16-11-9(12(15)17)5-8(14)6-10(11)13/h5-7,16H,3-4,14H2,1-2H3,(H2,15,17). The summed E-state index contributed by atoms with van der Waals surface area (Å²) in [5.74, 6) is -0.573. The highest BCUT2D eigenvalue weighted by Gasteiger charge is 2.12. The van der Waals surface area contributed by atoms with E-state index in [4.69, 9.17) is 27.8 Å². The van der Waals surface area contributed by atoms with Gasteiger partial charge in [0.25, 0.3) is 5.91 Å². The van der Waals surface area contributed by atoms with E-state index in [1.165, 1.54) is 6.07 Å². The molecule has 0 atom stereocenters. The second-order valence-corrected chi connectivity index (χ2v) is 4.54. The van der Waals surface area contributed by atoms with Gasteiger partial charge in [-0.15, -0.1) is 0 Å². The van der Waals surface area contributed by atoms with Gasteiger partial charge in [-0.1, -0.05) is 11.6 Å². The third-order valence-electron chi connectivity index (χ3n) is 2.23. The molecule has 0 aromatic heterocycles. The summed E-state index contributed by atoms with van der Waals surface area (Å²) in [7, 11) is 0. The van der Waals surface area contributed by atoms with Gasteiger partial charge >= 0.3 is 0 Å². The van der Waals surface area contributed by atoms with Gasteiger partial charge in [-0.2, -0.15) is 0 Å². The SMILES string of the molecule is CC(C)OCCNc1c(Cl)cc(N)cc1C(N)=O. The predicted molar refractivity (Wildman–Crippen MR) is 74.0 cm³/mol. The smallest absolute Gasteiger partial charge is 0.250 e. The molecule has 1 aromatic rings. The molecule has 1 aromatic carbocycles. The third kappa shape index (κ3) is 4.09. The molecule has 5 nitrogen and oxygen atoms in total. The van der Waals surface area contributed by atoms with Crippen LogP contribution in [-0.2, 0) is 4.74 Å². The van der Waals surface area contributed by atoms with Crippen LogP contribution in [0.3, 0.4) is 0 Å². The van der Waals surface area contributed by atoms with Gasteiger partial charge in [0, 0.05) is 12.2 Å². The van der Waals surface area contributed by atoms with Crippen molar-refractivity contribution in [1.29, 1.82) is 0 Å². The lowest BCUT2D eigenvalue weighted by molar-refractivity contribution is 0.0869. The van der Waals surface area contributed by atoms with E-state index in [-0.39, 0.29) is 11.7 Å². The summed E-state index contributed by atoms with van der Waals surface area (Å²) < 4.78 is 5.38. The van der Waals surface area contributed by atoms with Gasteiger partial charge in [-0.25, -0.2) is 0 Å². The zero-order valence-electron chi connectivity index (χ0n) is 10.5. The molecule has 0 saturated heterocycles. The monoisotopic (exact) mass is 271 g/mol. The summed E-state index contributed by atoms with van der Waals surface area (Å²) in [6.45, 7) is 4.94. The van der Waals surface area contributed by atoms with Crippen LogP contribution in [0.4, 0.5) is 11.4 Å². The summed E-state index contributed by atoms with van der Waals surface area (Å²) in [4.78, 5) is 11.3. The number of anilines is 2. The van der Waals surface area contributed by atoms with Crippen molar-refractivity contribution in [3.8, 4) is 0 Å². The van der Waals surface area contributed by atoms with Crippen LogP contribution in [-0.4, -0.2) is 25.2 Å². The number of halogens is 1. The van der Waals surface area contributed by atoms with Gasteiger partial charge in [0.15, 0.2) is 0 Å². The first-order valence-corrected chi connectivity index (χ1v) is 6.04. The normalized spacial score (nSPS) is 10.7. The van der Waals surface area contributed by atoms with Crippen LogP contribution in [0.25, 0.3) is 0 Å². The molecule has 0 spiro atoms. The van der Waals surface area contributed by atoms with E-state index in [1.807, 2.05) is 13.8 Å². The van der Waals surface area contributed by atoms with Gasteiger partial charge in [-0.05, 0) is 26.0 Å². The van der Waals surface area contributed by atoms with Crippen molar-refractivity contribution >= 4 is 28.9 Å². The van der Waals surface area contributed by atoms with Crippen molar-refractivity contribution in [1.82, 2.24) is 0 Å². The highest BCUT2D eigenvalue weighted by Crippen LogP contribution is 2.28. The Morgan fingerprint density at radius 1 is 1.50 bits per heavy atom. The molecule has 0 unspecified atom stereocenters. The number of rotatable bonds is 6. The summed E-state index contributed by atoms with van der Waals surface area (Å²) in [6, 6.07) is 3.07. The molecule has 0 heterocycles. The highest BCUT2D eigenvalue weighted by atomic mass is 35.5. The number of nitrogens with two attached hydrogens (primary N) is 2. The Morgan fingerprint density at radius 3 is 2.72 bits per heavy atom. The lowest BCUT2D eigenvalue weighted by atomic mass is 10.1. The second kappa shape index (κ2) is 6.47. The number of amides is 1. The molecule has 0 bridgehead atoms. The van der Waals surface area contributed by atoms with Crippen LogP contribution >= 0.6 is 11.6 Å². The summed E-state index contributed by atoms with van der Waals surface area (Å²) in [6.07, 6.45) is 0.157. The molecule has 0 fully saturated rings. The Labute approximate surface area is 111 Å². The van der Waals surface area contributed by atoms with E-state index in [0.717, 1.165) is 0 Å². The van der Waals surface area contributed by atoms with Crippen LogP contribution < -0.4 is 16.8 Å². The third-order valence-corrected chi connectivity index (χ3v) is 2.53. The fourth-order valence-electron chi connectivity index (χ4n) is 1.47. The van der Waals surface area contributed by atoms with E-state index in [9.17, 15) is 4.79 Å². The van der Waals surface area contributed by atoms with Gasteiger partial charge in [0.05, 0.1) is 29.0 Å². The summed E-state index contributed by atoms with van der Waals surface area (Å²) >= 11 is 6.03. The maximum absolute atomic E-state index is 11.3. The quantitative estimate of drug-likeness (QED) is 0.544. The maximum Gasteiger partial charge on any atom is 0.250 e. The highest BCUT2D eigenvalue weighted by molar-refractivity contribution is 6.34. The van der Waals surface area contributed by atoms with Crippen molar-refractivity contribution < 1.29 is 9.53 Å². The Bertz CT molecular complexity index is 436. The van der Waals surface area contributed by atoms with Crippen molar-refractivity contribution in [3.63, 3.8) is 0 Å². The molecule has 6 heteroatoms. The van der Waals surface area contributed by atoms with Crippen LogP contribution in [0.1, 0.15) is 24.2 Å². The summed E-state index contributed by atoms with van der Waals surface area (Å²) in [5.41, 5.74) is 12.1. The largest absolute Gasteiger partial charge is 0.399 e. The Morgan fingerprint density at radius 2 is 2.17 bits per heavy atom. The number of carbonyl (C=O) groups excluding carboxylic acids is 1. The topological polar surface area (TPSA) is 90.4 Å². The molecule has 0 aliphatic rings. The van der Waals surface area contributed by atoms with Crippen LogP contribution in [0.2, 0.25) is 5.02 Å². The Kier molecular flexibility index (Phi) is 5.25. The van der Waals surface area contributed by atoms with E-state index in [1.54, 1.807) is 6.07 Å². The number of benzene rings is 1. The maximum atomic E-state index is 11.3. The molecule has 0 aliphatic carbocycles. The molecule has 0 aliphatic heterocycles. The molecule has 0 radical (unpaired) electrons. The molecular formula is C12H18ClN3O2. The van der Waals surface area contributed by atoms with Gasteiger partial charge in [-0.3, -0.25) is 4.79 Å². The van der Waals surface area contributed by atoms with Gasteiger partial charge in [0.2, 0.25) is 0 Å². The van der Waals surface area contributed by atoms with E-state index in [0.29, 0.717) is 29.5 Å². The molecule has 100 valence electrons. The minimum absolute atomic E-state index is 0.157. The van der Waals surface area contributed by atoms with E-state index < -0.39 is 5.91 Å². The number of carbonyl (C=O) groups is 1. The van der Waals surface area contributed by atoms with Crippen molar-refractivity contribution in [2.24, 2.45) is 5.73 Å². The first-order valence-electron chi connectivity index (χ1n) is 5.66. The van der Waals surface area contributed by atoms with Crippen molar-refractivity contribution in [2.75, 3.05) is 24.2 Å². The van der Waals surface area contributed by atoms with Gasteiger partial charge in [0.1, 0.15) is 0 Å².